The van der Waals surface area contributed by atoms with E-state index in [9.17, 15) is 14.4 Å². The Morgan fingerprint density at radius 2 is 1.75 bits per heavy atom. The second-order valence-corrected chi connectivity index (χ2v) is 7.56. The molecule has 1 atom stereocenters. The van der Waals surface area contributed by atoms with Gasteiger partial charge in [0, 0.05) is 17.3 Å². The zero-order valence-corrected chi connectivity index (χ0v) is 15.6. The molecule has 1 unspecified atom stereocenters. The van der Waals surface area contributed by atoms with E-state index >= 15 is 0 Å². The Morgan fingerprint density at radius 1 is 1.21 bits per heavy atom. The molecule has 0 bridgehead atoms. The molecule has 1 aliphatic heterocycles. The van der Waals surface area contributed by atoms with Crippen molar-refractivity contribution in [2.24, 2.45) is 0 Å². The van der Waals surface area contributed by atoms with Crippen LogP contribution in [0.2, 0.25) is 0 Å². The molecule has 0 aromatic heterocycles. The molecule has 24 heavy (non-hydrogen) atoms. The lowest BCUT2D eigenvalue weighted by Crippen LogP contribution is -2.42. The van der Waals surface area contributed by atoms with Gasteiger partial charge in [0.15, 0.2) is 0 Å². The summed E-state index contributed by atoms with van der Waals surface area (Å²) in [5.41, 5.74) is 0.157. The first-order valence-electron chi connectivity index (χ1n) is 7.74. The van der Waals surface area contributed by atoms with Crippen molar-refractivity contribution >= 4 is 33.8 Å². The van der Waals surface area contributed by atoms with Crippen LogP contribution < -0.4 is 5.32 Å². The molecular formula is C17H21BrN2O4. The number of nitrogens with zero attached hydrogens (tertiary/aromatic N) is 1. The van der Waals surface area contributed by atoms with E-state index in [1.807, 2.05) is 24.3 Å². The van der Waals surface area contributed by atoms with Gasteiger partial charge in [0.1, 0.15) is 5.60 Å². The highest BCUT2D eigenvalue weighted by Crippen LogP contribution is 2.22. The average molecular weight is 397 g/mol. The molecule has 2 rings (SSSR count). The van der Waals surface area contributed by atoms with Crippen LogP contribution in [0.25, 0.3) is 0 Å². The Morgan fingerprint density at radius 3 is 2.25 bits per heavy atom. The summed E-state index contributed by atoms with van der Waals surface area (Å²) in [4.78, 5) is 37.1. The van der Waals surface area contributed by atoms with Crippen LogP contribution in [0.1, 0.15) is 45.2 Å². The van der Waals surface area contributed by atoms with Crippen LogP contribution in [-0.4, -0.2) is 35.0 Å². The third-order valence-electron chi connectivity index (χ3n) is 3.48. The van der Waals surface area contributed by atoms with Gasteiger partial charge in [-0.05, 0) is 38.5 Å². The number of imide groups is 1. The summed E-state index contributed by atoms with van der Waals surface area (Å²) in [6.45, 7) is 5.41. The predicted molar refractivity (Wildman–Crippen MR) is 92.2 cm³/mol. The molecule has 3 amide bonds. The minimum atomic E-state index is -0.631. The van der Waals surface area contributed by atoms with Crippen molar-refractivity contribution in [2.45, 2.75) is 45.3 Å². The Kier molecular flexibility index (Phi) is 5.64. The standard InChI is InChI=1S/C17H21BrN2O4/c1-17(2,3)24-16(23)19-13(11-4-6-12(18)7-5-11)10-20-14(21)8-9-15(20)22/h4-7,13H,8-10H2,1-3H3,(H,19,23). The van der Waals surface area contributed by atoms with Crippen LogP contribution in [0.4, 0.5) is 4.79 Å². The third kappa shape index (κ3) is 5.06. The summed E-state index contributed by atoms with van der Waals surface area (Å²) in [6, 6.07) is 6.81. The van der Waals surface area contributed by atoms with Crippen molar-refractivity contribution < 1.29 is 19.1 Å². The van der Waals surface area contributed by atoms with Gasteiger partial charge >= 0.3 is 6.09 Å². The number of nitrogens with one attached hydrogen (secondary N) is 1. The lowest BCUT2D eigenvalue weighted by molar-refractivity contribution is -0.138. The molecule has 6 nitrogen and oxygen atoms in total. The van der Waals surface area contributed by atoms with Crippen molar-refractivity contribution in [3.63, 3.8) is 0 Å². The highest BCUT2D eigenvalue weighted by molar-refractivity contribution is 9.10. The number of rotatable bonds is 4. The van der Waals surface area contributed by atoms with E-state index < -0.39 is 17.7 Å². The number of amides is 3. The van der Waals surface area contributed by atoms with Crippen LogP contribution in [0.15, 0.2) is 28.7 Å². The van der Waals surface area contributed by atoms with Gasteiger partial charge < -0.3 is 10.1 Å². The first-order valence-corrected chi connectivity index (χ1v) is 8.53. The van der Waals surface area contributed by atoms with Gasteiger partial charge in [0.05, 0.1) is 12.6 Å². The number of ether oxygens (including phenoxy) is 1. The zero-order chi connectivity index (χ0) is 17.9. The van der Waals surface area contributed by atoms with E-state index in [0.29, 0.717) is 0 Å². The Labute approximate surface area is 149 Å². The largest absolute Gasteiger partial charge is 0.444 e. The first-order chi connectivity index (χ1) is 11.2. The highest BCUT2D eigenvalue weighted by atomic mass is 79.9. The molecule has 7 heteroatoms. The maximum absolute atomic E-state index is 12.1. The zero-order valence-electron chi connectivity index (χ0n) is 14.0. The molecule has 0 saturated carbocycles. The summed E-state index contributed by atoms with van der Waals surface area (Å²) in [7, 11) is 0. The van der Waals surface area contributed by atoms with E-state index in [1.54, 1.807) is 20.8 Å². The normalized spacial score (nSPS) is 16.2. The molecular weight excluding hydrogens is 376 g/mol. The number of hydrogen-bond donors (Lipinski definition) is 1. The molecule has 0 radical (unpaired) electrons. The molecule has 130 valence electrons. The number of carbonyl (C=O) groups excluding carboxylic acids is 3. The topological polar surface area (TPSA) is 75.7 Å². The van der Waals surface area contributed by atoms with Crippen LogP contribution >= 0.6 is 15.9 Å². The lowest BCUT2D eigenvalue weighted by atomic mass is 10.1. The minimum absolute atomic E-state index is 0.0958. The second kappa shape index (κ2) is 7.34. The van der Waals surface area contributed by atoms with E-state index in [2.05, 4.69) is 21.2 Å². The number of benzene rings is 1. The SMILES string of the molecule is CC(C)(C)OC(=O)NC(CN1C(=O)CCC1=O)c1ccc(Br)cc1. The fourth-order valence-electron chi connectivity index (χ4n) is 2.39. The monoisotopic (exact) mass is 396 g/mol. The van der Waals surface area contributed by atoms with Gasteiger partial charge in [-0.3, -0.25) is 14.5 Å². The fourth-order valence-corrected chi connectivity index (χ4v) is 2.65. The number of carbonyl (C=O) groups is 3. The molecule has 1 aromatic carbocycles. The van der Waals surface area contributed by atoms with Gasteiger partial charge in [-0.2, -0.15) is 0 Å². The first kappa shape index (κ1) is 18.4. The summed E-state index contributed by atoms with van der Waals surface area (Å²) in [5.74, 6) is -0.429. The molecule has 1 heterocycles. The molecule has 1 fully saturated rings. The average Bonchev–Trinajstić information content (AvgIpc) is 2.77. The van der Waals surface area contributed by atoms with E-state index in [4.69, 9.17) is 4.74 Å². The highest BCUT2D eigenvalue weighted by Gasteiger charge is 2.32. The summed E-state index contributed by atoms with van der Waals surface area (Å²) < 4.78 is 6.18. The molecule has 1 aromatic rings. The van der Waals surface area contributed by atoms with Gasteiger partial charge in [0.2, 0.25) is 11.8 Å². The second-order valence-electron chi connectivity index (χ2n) is 6.65. The maximum Gasteiger partial charge on any atom is 0.408 e. The maximum atomic E-state index is 12.1. The van der Waals surface area contributed by atoms with E-state index in [-0.39, 0.29) is 31.2 Å². The molecule has 0 aliphatic carbocycles. The van der Waals surface area contributed by atoms with Crippen LogP contribution in [-0.2, 0) is 14.3 Å². The quantitative estimate of drug-likeness (QED) is 0.792. The number of halogens is 1. The summed E-state index contributed by atoms with van der Waals surface area (Å²) in [6.07, 6.45) is -0.147. The van der Waals surface area contributed by atoms with Crippen molar-refractivity contribution in [1.82, 2.24) is 10.2 Å². The predicted octanol–water partition coefficient (Wildman–Crippen LogP) is 3.16. The van der Waals surface area contributed by atoms with Crippen LogP contribution in [0.5, 0.6) is 0 Å². The van der Waals surface area contributed by atoms with Gasteiger partial charge in [-0.1, -0.05) is 28.1 Å². The smallest absolute Gasteiger partial charge is 0.408 e. The molecule has 1 aliphatic rings. The third-order valence-corrected chi connectivity index (χ3v) is 4.01. The summed E-state index contributed by atoms with van der Waals surface area (Å²) in [5, 5.41) is 2.75. The van der Waals surface area contributed by atoms with Crippen molar-refractivity contribution in [1.29, 1.82) is 0 Å². The van der Waals surface area contributed by atoms with Crippen molar-refractivity contribution in [2.75, 3.05) is 6.54 Å². The number of hydrogen-bond acceptors (Lipinski definition) is 4. The number of likely N-dealkylation sites (tertiary alicyclic amines) is 1. The minimum Gasteiger partial charge on any atom is -0.444 e. The Hall–Kier alpha value is -1.89. The Bertz CT molecular complexity index is 621. The van der Waals surface area contributed by atoms with E-state index in [0.717, 1.165) is 10.0 Å². The molecule has 1 saturated heterocycles. The van der Waals surface area contributed by atoms with Crippen molar-refractivity contribution in [3.8, 4) is 0 Å². The number of alkyl carbamates (subject to hydrolysis) is 1. The van der Waals surface area contributed by atoms with Gasteiger partial charge in [0.25, 0.3) is 0 Å². The van der Waals surface area contributed by atoms with Crippen LogP contribution in [0.3, 0.4) is 0 Å². The van der Waals surface area contributed by atoms with Gasteiger partial charge in [-0.15, -0.1) is 0 Å². The molecule has 0 spiro atoms. The van der Waals surface area contributed by atoms with Crippen LogP contribution in [0, 0.1) is 0 Å². The van der Waals surface area contributed by atoms with E-state index in [1.165, 1.54) is 4.90 Å². The van der Waals surface area contributed by atoms with Crippen molar-refractivity contribution in [3.05, 3.63) is 34.3 Å². The lowest BCUT2D eigenvalue weighted by Gasteiger charge is -2.26. The fraction of sp³-hybridized carbons (Fsp3) is 0.471. The molecule has 1 N–H and O–H groups in total. The Balaban J connectivity index is 2.18. The van der Waals surface area contributed by atoms with Gasteiger partial charge in [-0.25, -0.2) is 4.79 Å². The summed E-state index contributed by atoms with van der Waals surface area (Å²) >= 11 is 3.36.